The molecule has 0 aliphatic carbocycles. The smallest absolute Gasteiger partial charge is 0.234 e. The van der Waals surface area contributed by atoms with Crippen LogP contribution in [0.2, 0.25) is 0 Å². The maximum atomic E-state index is 11.5. The molecule has 16 heavy (non-hydrogen) atoms. The Hall–Kier alpha value is -0.610. The van der Waals surface area contributed by atoms with Crippen LogP contribution in [0.25, 0.3) is 0 Å². The lowest BCUT2D eigenvalue weighted by atomic mass is 9.80. The minimum Gasteiger partial charge on any atom is -0.395 e. The van der Waals surface area contributed by atoms with Gasteiger partial charge in [-0.25, -0.2) is 0 Å². The van der Waals surface area contributed by atoms with Crippen molar-refractivity contribution in [3.63, 3.8) is 0 Å². The van der Waals surface area contributed by atoms with Crippen molar-refractivity contribution in [1.29, 1.82) is 0 Å². The molecular weight excluding hydrogens is 204 g/mol. The van der Waals surface area contributed by atoms with E-state index >= 15 is 0 Å². The Morgan fingerprint density at radius 1 is 1.50 bits per heavy atom. The molecule has 1 aliphatic heterocycles. The summed E-state index contributed by atoms with van der Waals surface area (Å²) < 4.78 is 0. The van der Waals surface area contributed by atoms with Gasteiger partial charge < -0.3 is 10.4 Å². The monoisotopic (exact) mass is 228 g/mol. The second-order valence-corrected chi connectivity index (χ2v) is 5.66. The molecule has 0 radical (unpaired) electrons. The fraction of sp³-hybridized carbons (Fsp3) is 0.917. The number of amides is 1. The number of hydrogen-bond acceptors (Lipinski definition) is 3. The second-order valence-electron chi connectivity index (χ2n) is 5.66. The third-order valence-electron chi connectivity index (χ3n) is 3.30. The molecular formula is C12H24N2O2. The Morgan fingerprint density at radius 2 is 2.19 bits per heavy atom. The van der Waals surface area contributed by atoms with E-state index in [1.54, 1.807) is 0 Å². The van der Waals surface area contributed by atoms with Crippen LogP contribution < -0.4 is 5.32 Å². The highest BCUT2D eigenvalue weighted by Crippen LogP contribution is 2.33. The Kier molecular flexibility index (Phi) is 4.74. The molecule has 1 fully saturated rings. The average molecular weight is 228 g/mol. The lowest BCUT2D eigenvalue weighted by Crippen LogP contribution is -2.37. The first-order chi connectivity index (χ1) is 7.43. The molecule has 0 saturated carbocycles. The van der Waals surface area contributed by atoms with Gasteiger partial charge in [0, 0.05) is 13.1 Å². The molecule has 0 aromatic carbocycles. The summed E-state index contributed by atoms with van der Waals surface area (Å²) in [4.78, 5) is 13.6. The Labute approximate surface area is 98.0 Å². The zero-order chi connectivity index (χ0) is 12.2. The summed E-state index contributed by atoms with van der Waals surface area (Å²) in [5.41, 5.74) is 0.330. The zero-order valence-electron chi connectivity index (χ0n) is 10.6. The molecule has 94 valence electrons. The van der Waals surface area contributed by atoms with Gasteiger partial charge in [0.15, 0.2) is 0 Å². The maximum absolute atomic E-state index is 11.5. The molecule has 0 bridgehead atoms. The number of likely N-dealkylation sites (tertiary alicyclic amines) is 1. The zero-order valence-corrected chi connectivity index (χ0v) is 10.6. The van der Waals surface area contributed by atoms with Crippen LogP contribution in [-0.2, 0) is 4.79 Å². The van der Waals surface area contributed by atoms with Crippen molar-refractivity contribution in [2.45, 2.75) is 27.2 Å². The first kappa shape index (κ1) is 13.5. The van der Waals surface area contributed by atoms with E-state index in [9.17, 15) is 4.79 Å². The van der Waals surface area contributed by atoms with Crippen molar-refractivity contribution in [1.82, 2.24) is 10.2 Å². The van der Waals surface area contributed by atoms with Gasteiger partial charge in [-0.2, -0.15) is 0 Å². The van der Waals surface area contributed by atoms with Crippen molar-refractivity contribution < 1.29 is 9.90 Å². The molecule has 0 aromatic heterocycles. The number of hydrogen-bond donors (Lipinski definition) is 2. The SMILES string of the molecule is CC(C)(C)C1CCN(CC(=O)NCCO)C1. The summed E-state index contributed by atoms with van der Waals surface area (Å²) in [5.74, 6) is 0.696. The fourth-order valence-corrected chi connectivity index (χ4v) is 2.14. The van der Waals surface area contributed by atoms with E-state index in [0.717, 1.165) is 13.1 Å². The number of aliphatic hydroxyl groups excluding tert-OH is 1. The molecule has 1 rings (SSSR count). The number of carbonyl (C=O) groups is 1. The van der Waals surface area contributed by atoms with E-state index in [2.05, 4.69) is 31.0 Å². The number of aliphatic hydroxyl groups is 1. The molecule has 4 nitrogen and oxygen atoms in total. The Balaban J connectivity index is 2.29. The molecule has 1 heterocycles. The van der Waals surface area contributed by atoms with Crippen LogP contribution in [0, 0.1) is 11.3 Å². The van der Waals surface area contributed by atoms with Gasteiger partial charge in [-0.05, 0) is 24.3 Å². The predicted octanol–water partition coefficient (Wildman–Crippen LogP) is 0.463. The molecule has 1 unspecified atom stereocenters. The quantitative estimate of drug-likeness (QED) is 0.735. The number of carbonyl (C=O) groups excluding carboxylic acids is 1. The molecule has 1 atom stereocenters. The number of rotatable bonds is 4. The summed E-state index contributed by atoms with van der Waals surface area (Å²) in [5, 5.41) is 11.3. The highest BCUT2D eigenvalue weighted by Gasteiger charge is 2.32. The molecule has 4 heteroatoms. The van der Waals surface area contributed by atoms with Crippen LogP contribution in [0.15, 0.2) is 0 Å². The molecule has 0 aromatic rings. The van der Waals surface area contributed by atoms with Crippen molar-refractivity contribution in [2.24, 2.45) is 11.3 Å². The standard InChI is InChI=1S/C12H24N2O2/c1-12(2,3)10-4-6-14(8-10)9-11(16)13-5-7-15/h10,15H,4-9H2,1-3H3,(H,13,16). The minimum atomic E-state index is 0.0103. The average Bonchev–Trinajstić information content (AvgIpc) is 2.62. The summed E-state index contributed by atoms with van der Waals surface area (Å²) in [7, 11) is 0. The van der Waals surface area contributed by atoms with Crippen LogP contribution in [0.5, 0.6) is 0 Å². The lowest BCUT2D eigenvalue weighted by molar-refractivity contribution is -0.122. The van der Waals surface area contributed by atoms with E-state index in [-0.39, 0.29) is 12.5 Å². The minimum absolute atomic E-state index is 0.0103. The van der Waals surface area contributed by atoms with Crippen LogP contribution in [-0.4, -0.2) is 48.7 Å². The fourth-order valence-electron chi connectivity index (χ4n) is 2.14. The molecule has 1 saturated heterocycles. The first-order valence-electron chi connectivity index (χ1n) is 6.03. The van der Waals surface area contributed by atoms with E-state index in [0.29, 0.717) is 24.4 Å². The van der Waals surface area contributed by atoms with Gasteiger partial charge in [-0.1, -0.05) is 20.8 Å². The van der Waals surface area contributed by atoms with Gasteiger partial charge >= 0.3 is 0 Å². The number of nitrogens with one attached hydrogen (secondary N) is 1. The topological polar surface area (TPSA) is 52.6 Å². The first-order valence-corrected chi connectivity index (χ1v) is 6.03. The van der Waals surface area contributed by atoms with Crippen LogP contribution in [0.1, 0.15) is 27.2 Å². The Bertz CT molecular complexity index is 236. The predicted molar refractivity (Wildman–Crippen MR) is 64.1 cm³/mol. The van der Waals surface area contributed by atoms with Gasteiger partial charge in [0.2, 0.25) is 5.91 Å². The van der Waals surface area contributed by atoms with Gasteiger partial charge in [-0.15, -0.1) is 0 Å². The highest BCUT2D eigenvalue weighted by atomic mass is 16.3. The third-order valence-corrected chi connectivity index (χ3v) is 3.30. The van der Waals surface area contributed by atoms with Crippen molar-refractivity contribution in [3.05, 3.63) is 0 Å². The van der Waals surface area contributed by atoms with Crippen molar-refractivity contribution in [3.8, 4) is 0 Å². The van der Waals surface area contributed by atoms with Gasteiger partial charge in [-0.3, -0.25) is 9.69 Å². The summed E-state index contributed by atoms with van der Waals surface area (Å²) in [6.07, 6.45) is 1.18. The normalized spacial score (nSPS) is 22.4. The summed E-state index contributed by atoms with van der Waals surface area (Å²) in [6.45, 7) is 9.62. The second kappa shape index (κ2) is 5.64. The van der Waals surface area contributed by atoms with Crippen LogP contribution in [0.4, 0.5) is 0 Å². The highest BCUT2D eigenvalue weighted by molar-refractivity contribution is 5.78. The largest absolute Gasteiger partial charge is 0.395 e. The lowest BCUT2D eigenvalue weighted by Gasteiger charge is -2.26. The van der Waals surface area contributed by atoms with E-state index in [1.807, 2.05) is 0 Å². The Morgan fingerprint density at radius 3 is 2.69 bits per heavy atom. The third kappa shape index (κ3) is 4.10. The van der Waals surface area contributed by atoms with Crippen molar-refractivity contribution >= 4 is 5.91 Å². The molecule has 1 amide bonds. The van der Waals surface area contributed by atoms with Gasteiger partial charge in [0.25, 0.3) is 0 Å². The van der Waals surface area contributed by atoms with Gasteiger partial charge in [0.05, 0.1) is 13.2 Å². The van der Waals surface area contributed by atoms with E-state index in [1.165, 1.54) is 6.42 Å². The summed E-state index contributed by atoms with van der Waals surface area (Å²) >= 11 is 0. The number of nitrogens with zero attached hydrogens (tertiary/aromatic N) is 1. The van der Waals surface area contributed by atoms with Gasteiger partial charge in [0.1, 0.15) is 0 Å². The van der Waals surface area contributed by atoms with Crippen LogP contribution in [0.3, 0.4) is 0 Å². The van der Waals surface area contributed by atoms with Crippen molar-refractivity contribution in [2.75, 3.05) is 32.8 Å². The van der Waals surface area contributed by atoms with Crippen LogP contribution >= 0.6 is 0 Å². The van der Waals surface area contributed by atoms with E-state index < -0.39 is 0 Å². The molecule has 2 N–H and O–H groups in total. The molecule has 1 aliphatic rings. The van der Waals surface area contributed by atoms with E-state index in [4.69, 9.17) is 5.11 Å². The maximum Gasteiger partial charge on any atom is 0.234 e. The summed E-state index contributed by atoms with van der Waals surface area (Å²) in [6, 6.07) is 0. The molecule has 0 spiro atoms.